The van der Waals surface area contributed by atoms with Crippen LogP contribution in [0.15, 0.2) is 85.1 Å². The molecule has 0 aromatic carbocycles. The molecule has 3 N–H and O–H groups in total. The molecular formula is C83H148O17P2. The number of carbonyl (C=O) groups is 4. The van der Waals surface area contributed by atoms with Gasteiger partial charge < -0.3 is 33.8 Å². The highest BCUT2D eigenvalue weighted by molar-refractivity contribution is 7.47. The molecule has 0 saturated carbocycles. The number of esters is 4. The molecule has 5 atom stereocenters. The average molecular weight is 1480 g/mol. The van der Waals surface area contributed by atoms with Crippen molar-refractivity contribution in [3.05, 3.63) is 85.1 Å². The number of phosphoric acid groups is 2. The molecular weight excluding hydrogens is 1330 g/mol. The second-order valence-electron chi connectivity index (χ2n) is 27.4. The number of hydrogen-bond donors (Lipinski definition) is 3. The van der Waals surface area contributed by atoms with E-state index in [-0.39, 0.29) is 25.7 Å². The summed E-state index contributed by atoms with van der Waals surface area (Å²) < 4.78 is 68.6. The van der Waals surface area contributed by atoms with Gasteiger partial charge in [0.2, 0.25) is 0 Å². The van der Waals surface area contributed by atoms with E-state index in [1.807, 2.05) is 0 Å². The molecule has 0 aromatic rings. The molecule has 5 unspecified atom stereocenters. The number of allylic oxidation sites excluding steroid dienone is 14. The van der Waals surface area contributed by atoms with Crippen molar-refractivity contribution < 1.29 is 80.2 Å². The summed E-state index contributed by atoms with van der Waals surface area (Å²) in [5, 5.41) is 10.6. The molecule has 0 heterocycles. The van der Waals surface area contributed by atoms with E-state index in [0.29, 0.717) is 25.7 Å². The Hall–Kier alpha value is -3.76. The highest BCUT2D eigenvalue weighted by Crippen LogP contribution is 2.45. The predicted octanol–water partition coefficient (Wildman–Crippen LogP) is 23.8. The van der Waals surface area contributed by atoms with Crippen LogP contribution >= 0.6 is 15.6 Å². The summed E-state index contributed by atoms with van der Waals surface area (Å²) in [6, 6.07) is 0. The van der Waals surface area contributed by atoms with Crippen LogP contribution in [0.5, 0.6) is 0 Å². The van der Waals surface area contributed by atoms with Crippen LogP contribution in [0.1, 0.15) is 362 Å². The lowest BCUT2D eigenvalue weighted by molar-refractivity contribution is -0.161. The number of phosphoric ester groups is 2. The third-order valence-corrected chi connectivity index (χ3v) is 19.2. The van der Waals surface area contributed by atoms with Gasteiger partial charge in [0.1, 0.15) is 19.3 Å². The zero-order chi connectivity index (χ0) is 74.6. The van der Waals surface area contributed by atoms with Crippen molar-refractivity contribution in [2.75, 3.05) is 39.6 Å². The molecule has 0 rings (SSSR count). The van der Waals surface area contributed by atoms with E-state index >= 15 is 0 Å². The number of ether oxygens (including phenoxy) is 4. The highest BCUT2D eigenvalue weighted by atomic mass is 31.2. The van der Waals surface area contributed by atoms with Crippen LogP contribution in [0.3, 0.4) is 0 Å². The maximum Gasteiger partial charge on any atom is 0.472 e. The maximum absolute atomic E-state index is 13.1. The second kappa shape index (κ2) is 75.5. The number of aliphatic hydroxyl groups is 1. The van der Waals surface area contributed by atoms with Crippen LogP contribution < -0.4 is 0 Å². The van der Waals surface area contributed by atoms with E-state index in [9.17, 15) is 43.2 Å². The van der Waals surface area contributed by atoms with Crippen LogP contribution in [-0.2, 0) is 65.4 Å². The van der Waals surface area contributed by atoms with Crippen LogP contribution in [0.4, 0.5) is 0 Å². The maximum atomic E-state index is 13.1. The van der Waals surface area contributed by atoms with Gasteiger partial charge in [-0.05, 0) is 122 Å². The molecule has 19 heteroatoms. The smallest absolute Gasteiger partial charge is 0.462 e. The Labute approximate surface area is 621 Å². The molecule has 17 nitrogen and oxygen atoms in total. The van der Waals surface area contributed by atoms with Crippen molar-refractivity contribution in [2.45, 2.75) is 380 Å². The predicted molar refractivity (Wildman–Crippen MR) is 418 cm³/mol. The summed E-state index contributed by atoms with van der Waals surface area (Å²) in [5.41, 5.74) is 0. The van der Waals surface area contributed by atoms with E-state index in [4.69, 9.17) is 37.0 Å². The molecule has 0 bridgehead atoms. The van der Waals surface area contributed by atoms with Crippen molar-refractivity contribution in [3.8, 4) is 0 Å². The Balaban J connectivity index is 5.34. The van der Waals surface area contributed by atoms with E-state index in [1.54, 1.807) is 0 Å². The Morgan fingerprint density at radius 1 is 0.275 bits per heavy atom. The SMILES string of the molecule is CCC/C=C\C/C=C\CCCCCCCC(=O)OC(COC(=O)CCCCCCCC/C=C\C/C=C\C/C=C\CCCCC)COP(=O)(O)OCC(O)COP(=O)(O)OCC(COC(=O)CCCCCCC/C=C\C/C=C\CCCCC)OC(=O)CCCCCCCCCCCCCCCCC. The summed E-state index contributed by atoms with van der Waals surface area (Å²) >= 11 is 0. The van der Waals surface area contributed by atoms with Crippen LogP contribution in [0, 0.1) is 0 Å². The lowest BCUT2D eigenvalue weighted by Crippen LogP contribution is -2.30. The molecule has 0 amide bonds. The van der Waals surface area contributed by atoms with Gasteiger partial charge in [0, 0.05) is 25.7 Å². The molecule has 0 aliphatic carbocycles. The first-order valence-corrected chi connectivity index (χ1v) is 43.8. The van der Waals surface area contributed by atoms with Gasteiger partial charge in [-0.25, -0.2) is 9.13 Å². The molecule has 0 spiro atoms. The van der Waals surface area contributed by atoms with Gasteiger partial charge in [0.25, 0.3) is 0 Å². The fourth-order valence-corrected chi connectivity index (χ4v) is 12.6. The minimum absolute atomic E-state index is 0.0768. The van der Waals surface area contributed by atoms with Crippen molar-refractivity contribution in [1.29, 1.82) is 0 Å². The van der Waals surface area contributed by atoms with E-state index in [1.165, 1.54) is 103 Å². The van der Waals surface area contributed by atoms with Gasteiger partial charge in [-0.15, -0.1) is 0 Å². The van der Waals surface area contributed by atoms with Crippen molar-refractivity contribution in [2.24, 2.45) is 0 Å². The van der Waals surface area contributed by atoms with Crippen molar-refractivity contribution in [1.82, 2.24) is 0 Å². The van der Waals surface area contributed by atoms with E-state index in [2.05, 4.69) is 113 Å². The second-order valence-corrected chi connectivity index (χ2v) is 30.3. The quantitative estimate of drug-likeness (QED) is 0.0169. The average Bonchev–Trinajstić information content (AvgIpc) is 0.920. The fourth-order valence-electron chi connectivity index (χ4n) is 11.1. The lowest BCUT2D eigenvalue weighted by Gasteiger charge is -2.21. The Morgan fingerprint density at radius 3 is 0.794 bits per heavy atom. The number of hydrogen-bond acceptors (Lipinski definition) is 15. The first kappa shape index (κ1) is 98.2. The van der Waals surface area contributed by atoms with Gasteiger partial charge in [0.15, 0.2) is 12.2 Å². The van der Waals surface area contributed by atoms with Crippen LogP contribution in [0.2, 0.25) is 0 Å². The fraction of sp³-hybridized carbons (Fsp3) is 0.783. The summed E-state index contributed by atoms with van der Waals surface area (Å²) in [4.78, 5) is 73.0. The van der Waals surface area contributed by atoms with Crippen molar-refractivity contribution >= 4 is 39.5 Å². The first-order chi connectivity index (χ1) is 49.7. The monoisotopic (exact) mass is 1480 g/mol. The van der Waals surface area contributed by atoms with E-state index < -0.39 is 97.5 Å². The van der Waals surface area contributed by atoms with Crippen LogP contribution in [-0.4, -0.2) is 96.7 Å². The Bertz CT molecular complexity index is 2260. The molecule has 592 valence electrons. The van der Waals surface area contributed by atoms with Gasteiger partial charge in [-0.3, -0.25) is 37.3 Å². The molecule has 0 saturated heterocycles. The van der Waals surface area contributed by atoms with Gasteiger partial charge in [-0.2, -0.15) is 0 Å². The zero-order valence-corrected chi connectivity index (χ0v) is 66.6. The number of carbonyl (C=O) groups excluding carboxylic acids is 4. The largest absolute Gasteiger partial charge is 0.472 e. The normalized spacial score (nSPS) is 14.3. The summed E-state index contributed by atoms with van der Waals surface area (Å²) in [6.45, 7) is 4.77. The standard InChI is InChI=1S/C83H148O17P2/c1-5-9-13-17-21-25-29-33-36-37-38-39-42-45-48-52-56-60-64-68-81(86)94-73-78(99-82(87)69-65-61-57-53-49-43-32-28-24-20-16-12-8-4)75-97-101(89,90)95-71-77(84)72-96-102(91,92)98-76-79(100-83(88)70-66-62-58-54-50-46-41-35-31-27-23-19-15-11-7-3)74-93-80(85)67-63-59-55-51-47-44-40-34-30-26-22-18-14-10-6-2/h16,20-22,25-26,28,32-34,36,38-40,77-79,84H,5-15,17-19,23-24,27,29-31,35,37,41-76H2,1-4H3,(H,89,90)(H,91,92)/b20-16-,25-21-,26-22-,32-28-,36-33-,39-38-,40-34-. The Kier molecular flexibility index (Phi) is 72.7. The molecule has 0 aliphatic rings. The molecule has 0 aliphatic heterocycles. The summed E-state index contributed by atoms with van der Waals surface area (Å²) in [5.74, 6) is -2.19. The number of unbranched alkanes of at least 4 members (excludes halogenated alkanes) is 37. The summed E-state index contributed by atoms with van der Waals surface area (Å²) in [6.07, 6.45) is 78.3. The lowest BCUT2D eigenvalue weighted by atomic mass is 10.0. The first-order valence-electron chi connectivity index (χ1n) is 40.8. The van der Waals surface area contributed by atoms with Crippen LogP contribution in [0.25, 0.3) is 0 Å². The highest BCUT2D eigenvalue weighted by Gasteiger charge is 2.30. The molecule has 0 fully saturated rings. The third kappa shape index (κ3) is 74.5. The topological polar surface area (TPSA) is 237 Å². The minimum Gasteiger partial charge on any atom is -0.462 e. The summed E-state index contributed by atoms with van der Waals surface area (Å²) in [7, 11) is -9.96. The molecule has 0 radical (unpaired) electrons. The van der Waals surface area contributed by atoms with Gasteiger partial charge in [0.05, 0.1) is 26.4 Å². The minimum atomic E-state index is -4.98. The van der Waals surface area contributed by atoms with Crippen molar-refractivity contribution in [3.63, 3.8) is 0 Å². The van der Waals surface area contributed by atoms with E-state index in [0.717, 1.165) is 180 Å². The molecule has 102 heavy (non-hydrogen) atoms. The van der Waals surface area contributed by atoms with Gasteiger partial charge in [-0.1, -0.05) is 299 Å². The number of aliphatic hydroxyl groups excluding tert-OH is 1. The third-order valence-electron chi connectivity index (χ3n) is 17.3. The Morgan fingerprint density at radius 2 is 0.500 bits per heavy atom. The number of rotatable bonds is 77. The molecule has 0 aromatic heterocycles. The van der Waals surface area contributed by atoms with Gasteiger partial charge >= 0.3 is 39.5 Å². The zero-order valence-electron chi connectivity index (χ0n) is 64.8.